The molecule has 0 aromatic heterocycles. The molecule has 0 aliphatic heterocycles. The van der Waals surface area contributed by atoms with E-state index in [1.807, 2.05) is 6.92 Å². The Bertz CT molecular complexity index is 1140. The van der Waals surface area contributed by atoms with Gasteiger partial charge in [0.25, 0.3) is 0 Å². The van der Waals surface area contributed by atoms with Gasteiger partial charge in [0, 0.05) is 0 Å². The van der Waals surface area contributed by atoms with Crippen LogP contribution in [0.3, 0.4) is 0 Å². The zero-order valence-electron chi connectivity index (χ0n) is 30.8. The van der Waals surface area contributed by atoms with Crippen molar-refractivity contribution >= 4 is 17.9 Å². The van der Waals surface area contributed by atoms with Crippen molar-refractivity contribution in [2.45, 2.75) is 164 Å². The van der Waals surface area contributed by atoms with Crippen molar-refractivity contribution in [2.24, 2.45) is 0 Å². The van der Waals surface area contributed by atoms with Crippen LogP contribution in [0.15, 0.2) is 24.3 Å². The van der Waals surface area contributed by atoms with Crippen LogP contribution in [0, 0.1) is 0 Å². The zero-order chi connectivity index (χ0) is 33.3. The summed E-state index contributed by atoms with van der Waals surface area (Å²) in [4.78, 5) is 27.3. The summed E-state index contributed by atoms with van der Waals surface area (Å²) in [6, 6.07) is 8.87. The standard InChI is InChI=1S/C38H65O3P/c1-20-41-42(39,40,31-27(35(8,9)10)21-25(33(2,3)4)22-28(31)36(11,12)13)32-29(37(14,15)16)23-26(34(5,6)7)24-30(32)38(17,18)19/h21-24,39-40H,20H2,1-19H3. The number of benzene rings is 2. The van der Waals surface area contributed by atoms with Crippen LogP contribution >= 0.6 is 7.28 Å². The summed E-state index contributed by atoms with van der Waals surface area (Å²) in [5.41, 5.74) is 4.39. The van der Waals surface area contributed by atoms with Crippen molar-refractivity contribution in [1.29, 1.82) is 0 Å². The predicted molar refractivity (Wildman–Crippen MR) is 187 cm³/mol. The Morgan fingerprint density at radius 3 is 0.810 bits per heavy atom. The van der Waals surface area contributed by atoms with E-state index in [0.29, 0.717) is 10.6 Å². The normalized spacial score (nSPS) is 15.5. The first-order chi connectivity index (χ1) is 18.3. The van der Waals surface area contributed by atoms with E-state index in [1.54, 1.807) is 0 Å². The fraction of sp³-hybridized carbons (Fsp3) is 0.684. The second-order valence-electron chi connectivity index (χ2n) is 18.7. The molecular weight excluding hydrogens is 535 g/mol. The zero-order valence-corrected chi connectivity index (χ0v) is 31.7. The molecule has 2 aromatic rings. The number of rotatable bonds is 4. The predicted octanol–water partition coefficient (Wildman–Crippen LogP) is 9.74. The molecule has 2 aromatic carbocycles. The van der Waals surface area contributed by atoms with Gasteiger partial charge < -0.3 is 0 Å². The van der Waals surface area contributed by atoms with E-state index in [9.17, 15) is 9.79 Å². The Hall–Kier alpha value is -1.25. The van der Waals surface area contributed by atoms with E-state index in [1.165, 1.54) is 11.1 Å². The summed E-state index contributed by atoms with van der Waals surface area (Å²) >= 11 is 0. The molecule has 0 saturated carbocycles. The van der Waals surface area contributed by atoms with E-state index in [-0.39, 0.29) is 39.1 Å². The molecule has 3 nitrogen and oxygen atoms in total. The van der Waals surface area contributed by atoms with Crippen LogP contribution in [0.1, 0.15) is 165 Å². The number of hydrogen-bond donors (Lipinski definition) is 2. The summed E-state index contributed by atoms with van der Waals surface area (Å²) in [6.07, 6.45) is 0. The molecule has 0 unspecified atom stereocenters. The molecule has 2 rings (SSSR count). The van der Waals surface area contributed by atoms with Gasteiger partial charge >= 0.3 is 260 Å². The third kappa shape index (κ3) is 7.17. The first-order valence-electron chi connectivity index (χ1n) is 15.8. The van der Waals surface area contributed by atoms with Crippen molar-refractivity contribution < 1.29 is 14.3 Å². The minimum absolute atomic E-state index is 0.118. The maximum atomic E-state index is 13.6. The average molecular weight is 601 g/mol. The first-order valence-corrected chi connectivity index (χ1v) is 17.9. The third-order valence-electron chi connectivity index (χ3n) is 8.36. The van der Waals surface area contributed by atoms with Gasteiger partial charge in [0.15, 0.2) is 0 Å². The maximum absolute atomic E-state index is 13.6. The second kappa shape index (κ2) is 10.7. The van der Waals surface area contributed by atoms with E-state index >= 15 is 0 Å². The van der Waals surface area contributed by atoms with Gasteiger partial charge in [-0.3, -0.25) is 0 Å². The van der Waals surface area contributed by atoms with E-state index in [2.05, 4.69) is 149 Å². The molecule has 0 fully saturated rings. The molecule has 0 aliphatic rings. The van der Waals surface area contributed by atoms with Gasteiger partial charge in [-0.1, -0.05) is 0 Å². The summed E-state index contributed by atoms with van der Waals surface area (Å²) in [7, 11) is -5.31. The van der Waals surface area contributed by atoms with Crippen molar-refractivity contribution in [3.05, 3.63) is 57.6 Å². The van der Waals surface area contributed by atoms with Crippen molar-refractivity contribution in [1.82, 2.24) is 0 Å². The third-order valence-corrected chi connectivity index (χ3v) is 11.7. The van der Waals surface area contributed by atoms with Gasteiger partial charge in [0.1, 0.15) is 0 Å². The summed E-state index contributed by atoms with van der Waals surface area (Å²) in [5, 5.41) is 1.16. The molecule has 0 aliphatic carbocycles. The molecule has 42 heavy (non-hydrogen) atoms. The molecule has 2 N–H and O–H groups in total. The Morgan fingerprint density at radius 2 is 0.667 bits per heavy atom. The van der Waals surface area contributed by atoms with Crippen LogP contribution in [0.4, 0.5) is 0 Å². The molecule has 0 heterocycles. The Morgan fingerprint density at radius 1 is 0.452 bits per heavy atom. The Kier molecular flexibility index (Phi) is 9.40. The van der Waals surface area contributed by atoms with Crippen LogP contribution in [-0.2, 0) is 37.0 Å². The van der Waals surface area contributed by atoms with Crippen molar-refractivity contribution in [3.63, 3.8) is 0 Å². The number of hydrogen-bond acceptors (Lipinski definition) is 3. The second-order valence-corrected chi connectivity index (χ2v) is 21.8. The molecule has 240 valence electrons. The van der Waals surface area contributed by atoms with Crippen LogP contribution in [0.5, 0.6) is 0 Å². The van der Waals surface area contributed by atoms with E-state index in [0.717, 1.165) is 22.3 Å². The van der Waals surface area contributed by atoms with Gasteiger partial charge in [-0.25, -0.2) is 0 Å². The quantitative estimate of drug-likeness (QED) is 0.344. The van der Waals surface area contributed by atoms with Crippen LogP contribution in [0.25, 0.3) is 0 Å². The van der Waals surface area contributed by atoms with Crippen LogP contribution in [0.2, 0.25) is 0 Å². The Labute approximate surface area is 260 Å². The van der Waals surface area contributed by atoms with Gasteiger partial charge in [-0.2, -0.15) is 0 Å². The van der Waals surface area contributed by atoms with E-state index < -0.39 is 7.28 Å². The van der Waals surface area contributed by atoms with Gasteiger partial charge in [0.2, 0.25) is 0 Å². The molecule has 0 amide bonds. The molecule has 0 atom stereocenters. The summed E-state index contributed by atoms with van der Waals surface area (Å²) < 4.78 is 6.63. The molecule has 4 heteroatoms. The van der Waals surface area contributed by atoms with Crippen molar-refractivity contribution in [2.75, 3.05) is 6.61 Å². The molecule has 0 spiro atoms. The van der Waals surface area contributed by atoms with Crippen LogP contribution < -0.4 is 10.6 Å². The minimum atomic E-state index is -5.31. The fourth-order valence-corrected chi connectivity index (χ4v) is 10.1. The first kappa shape index (κ1) is 36.9. The van der Waals surface area contributed by atoms with Crippen molar-refractivity contribution in [3.8, 4) is 0 Å². The van der Waals surface area contributed by atoms with Gasteiger partial charge in [-0.05, 0) is 0 Å². The fourth-order valence-electron chi connectivity index (χ4n) is 5.78. The Balaban J connectivity index is 3.56. The van der Waals surface area contributed by atoms with Crippen LogP contribution in [-0.4, -0.2) is 16.4 Å². The molecule has 0 bridgehead atoms. The SMILES string of the molecule is CCOP(O)(O)(c1c(C(C)(C)C)cc(C(C)(C)C)cc1C(C)(C)C)c1c(C(C)(C)C)cc(C(C)(C)C)cc1C(C)(C)C. The van der Waals surface area contributed by atoms with Gasteiger partial charge in [-0.15, -0.1) is 0 Å². The molecular formula is C38H65O3P. The average Bonchev–Trinajstić information content (AvgIpc) is 2.74. The molecule has 0 radical (unpaired) electrons. The molecule has 0 saturated heterocycles. The summed E-state index contributed by atoms with van der Waals surface area (Å²) in [5.74, 6) is 0. The summed E-state index contributed by atoms with van der Waals surface area (Å²) in [6.45, 7) is 41.5. The van der Waals surface area contributed by atoms with Gasteiger partial charge in [0.05, 0.1) is 0 Å². The monoisotopic (exact) mass is 600 g/mol. The van der Waals surface area contributed by atoms with E-state index in [4.69, 9.17) is 4.52 Å². The topological polar surface area (TPSA) is 49.7 Å².